The first-order valence-corrected chi connectivity index (χ1v) is 8.99. The molecule has 0 saturated carbocycles. The average molecular weight is 444 g/mol. The first kappa shape index (κ1) is 24.4. The predicted octanol–water partition coefficient (Wildman–Crippen LogP) is 3.70. The molecule has 0 bridgehead atoms. The van der Waals surface area contributed by atoms with Gasteiger partial charge in [0.2, 0.25) is 5.78 Å². The molecule has 0 saturated heterocycles. The van der Waals surface area contributed by atoms with Crippen LogP contribution in [0.5, 0.6) is 0 Å². The molecule has 30 heavy (non-hydrogen) atoms. The van der Waals surface area contributed by atoms with Crippen LogP contribution in [-0.4, -0.2) is 62.3 Å². The molecule has 1 aromatic carbocycles. The topological polar surface area (TPSA) is 67.8 Å². The molecular weight excluding hydrogens is 425 g/mol. The molecule has 0 fully saturated rings. The number of nitrogens with one attached hydrogen (secondary N) is 1. The van der Waals surface area contributed by atoms with Crippen LogP contribution in [-0.2, 0) is 26.9 Å². The van der Waals surface area contributed by atoms with E-state index in [0.29, 0.717) is 12.0 Å². The first-order valence-electron chi connectivity index (χ1n) is 8.99. The molecule has 1 aromatic rings. The molecule has 2 atom stereocenters. The second-order valence-electron chi connectivity index (χ2n) is 6.61. The number of alkyl halides is 3. The van der Waals surface area contributed by atoms with E-state index >= 15 is 0 Å². The van der Waals surface area contributed by atoms with Gasteiger partial charge in [-0.05, 0) is 24.1 Å². The van der Waals surface area contributed by atoms with Crippen molar-refractivity contribution < 1.29 is 27.5 Å². The smallest absolute Gasteiger partial charge is 0.465 e. The molecular formula is C21H19CaF3N2O3+2. The van der Waals surface area contributed by atoms with Gasteiger partial charge in [0, 0.05) is 11.8 Å². The number of halogens is 3. The summed E-state index contributed by atoms with van der Waals surface area (Å²) in [7, 11) is 1.17. The van der Waals surface area contributed by atoms with Gasteiger partial charge in [0.25, 0.3) is 0 Å². The Morgan fingerprint density at radius 2 is 1.93 bits per heavy atom. The number of carbonyl (C=O) groups is 2. The number of fused-ring (bicyclic) bond motifs is 1. The number of ketones is 1. The number of nitrogens with zero attached hydrogens (tertiary/aromatic N) is 1. The van der Waals surface area contributed by atoms with Crippen LogP contribution in [0.3, 0.4) is 0 Å². The molecule has 2 unspecified atom stereocenters. The normalized spacial score (nSPS) is 21.6. The molecule has 5 nitrogen and oxygen atoms in total. The zero-order chi connectivity index (χ0) is 21.2. The average Bonchev–Trinajstić information content (AvgIpc) is 2.71. The third-order valence-corrected chi connectivity index (χ3v) is 4.85. The molecule has 0 spiro atoms. The summed E-state index contributed by atoms with van der Waals surface area (Å²) in [5, 5.41) is 4.13. The Labute approximate surface area is 201 Å². The van der Waals surface area contributed by atoms with Gasteiger partial charge in [0.1, 0.15) is 11.3 Å². The summed E-state index contributed by atoms with van der Waals surface area (Å²) >= 11 is 0. The number of hydrazone groups is 1. The van der Waals surface area contributed by atoms with Crippen molar-refractivity contribution in [1.29, 1.82) is 0 Å². The summed E-state index contributed by atoms with van der Waals surface area (Å²) in [6, 6.07) is 3.34. The number of aryl methyl sites for hydroxylation is 1. The number of methoxy groups -OCH3 is 1. The van der Waals surface area contributed by atoms with E-state index < -0.39 is 29.4 Å². The second kappa shape index (κ2) is 9.94. The quantitative estimate of drug-likeness (QED) is 0.333. The summed E-state index contributed by atoms with van der Waals surface area (Å²) in [6.07, 6.45) is 4.62. The summed E-state index contributed by atoms with van der Waals surface area (Å²) < 4.78 is 43.9. The molecule has 0 aromatic heterocycles. The van der Waals surface area contributed by atoms with Crippen molar-refractivity contribution in [2.75, 3.05) is 12.5 Å². The van der Waals surface area contributed by atoms with Crippen LogP contribution in [0.2, 0.25) is 0 Å². The number of benzene rings is 1. The van der Waals surface area contributed by atoms with Gasteiger partial charge in [-0.25, -0.2) is 4.79 Å². The largest absolute Gasteiger partial charge is 2.00 e. The van der Waals surface area contributed by atoms with E-state index in [1.807, 2.05) is 6.08 Å². The standard InChI is InChI=1S/C21H19F3N2O3.Ca/c1-3-12-8-9-14(21(22,23)24)11-17(12)25-26-18-15-7-5-4-6-13(15)10-16(19(18)27)20(28)29-2;/h4-11,13,15,25H,3H2,1-2H3;/q;+2/b26-18-;. The number of hydrogen-bond acceptors (Lipinski definition) is 5. The van der Waals surface area contributed by atoms with E-state index in [0.717, 1.165) is 12.1 Å². The van der Waals surface area contributed by atoms with Gasteiger partial charge in [-0.2, -0.15) is 18.3 Å². The molecule has 0 heterocycles. The fourth-order valence-electron chi connectivity index (χ4n) is 3.30. The Morgan fingerprint density at radius 3 is 2.57 bits per heavy atom. The Kier molecular flexibility index (Phi) is 8.07. The number of allylic oxidation sites excluding steroid dienone is 5. The molecule has 0 amide bonds. The molecule has 0 aliphatic heterocycles. The van der Waals surface area contributed by atoms with Crippen molar-refractivity contribution in [3.63, 3.8) is 0 Å². The summed E-state index contributed by atoms with van der Waals surface area (Å²) in [6.45, 7) is 1.80. The molecule has 3 rings (SSSR count). The van der Waals surface area contributed by atoms with Gasteiger partial charge in [-0.3, -0.25) is 10.2 Å². The number of carbonyl (C=O) groups excluding carboxylic acids is 2. The van der Waals surface area contributed by atoms with Gasteiger partial charge in [0.15, 0.2) is 0 Å². The molecule has 2 aliphatic carbocycles. The van der Waals surface area contributed by atoms with Gasteiger partial charge >= 0.3 is 49.9 Å². The van der Waals surface area contributed by atoms with Crippen LogP contribution in [0.25, 0.3) is 0 Å². The van der Waals surface area contributed by atoms with E-state index in [1.54, 1.807) is 25.2 Å². The van der Waals surface area contributed by atoms with Crippen molar-refractivity contribution in [2.45, 2.75) is 19.5 Å². The SMILES string of the molecule is CCc1ccc(C(F)(F)F)cc1N/N=C1\C(=O)C(C(=O)OC)=CC2C=CC=CC12.[Ca+2]. The first-order chi connectivity index (χ1) is 13.8. The zero-order valence-corrected chi connectivity index (χ0v) is 18.7. The molecule has 0 radical (unpaired) electrons. The van der Waals surface area contributed by atoms with Gasteiger partial charge in [0.05, 0.1) is 18.4 Å². The maximum absolute atomic E-state index is 13.1. The fourth-order valence-corrected chi connectivity index (χ4v) is 3.30. The number of hydrogen-bond donors (Lipinski definition) is 1. The Hall–Kier alpha value is -1.90. The van der Waals surface area contributed by atoms with Crippen molar-refractivity contribution in [1.82, 2.24) is 0 Å². The molecule has 9 heteroatoms. The van der Waals surface area contributed by atoms with E-state index in [9.17, 15) is 22.8 Å². The summed E-state index contributed by atoms with van der Waals surface area (Å²) in [4.78, 5) is 24.8. The Balaban J connectivity index is 0.00000320. The van der Waals surface area contributed by atoms with Crippen LogP contribution in [0.15, 0.2) is 59.3 Å². The van der Waals surface area contributed by atoms with E-state index in [2.05, 4.69) is 15.3 Å². The summed E-state index contributed by atoms with van der Waals surface area (Å²) in [5.74, 6) is -2.10. The molecule has 1 N–H and O–H groups in total. The van der Waals surface area contributed by atoms with E-state index in [1.165, 1.54) is 19.3 Å². The van der Waals surface area contributed by atoms with Crippen LogP contribution in [0.1, 0.15) is 18.1 Å². The minimum Gasteiger partial charge on any atom is -0.465 e. The minimum atomic E-state index is -4.50. The Morgan fingerprint density at radius 1 is 1.23 bits per heavy atom. The van der Waals surface area contributed by atoms with E-state index in [4.69, 9.17) is 0 Å². The summed E-state index contributed by atoms with van der Waals surface area (Å²) in [5.41, 5.74) is 2.47. The monoisotopic (exact) mass is 444 g/mol. The van der Waals surface area contributed by atoms with Crippen LogP contribution in [0.4, 0.5) is 18.9 Å². The Bertz CT molecular complexity index is 965. The number of esters is 1. The van der Waals surface area contributed by atoms with Crippen LogP contribution in [0, 0.1) is 11.8 Å². The zero-order valence-electron chi connectivity index (χ0n) is 16.5. The number of rotatable bonds is 4. The van der Waals surface area contributed by atoms with Crippen molar-refractivity contribution in [3.8, 4) is 0 Å². The van der Waals surface area contributed by atoms with Gasteiger partial charge in [-0.15, -0.1) is 0 Å². The van der Waals surface area contributed by atoms with Gasteiger partial charge < -0.3 is 4.74 Å². The third kappa shape index (κ3) is 5.04. The molecule has 2 aliphatic rings. The van der Waals surface area contributed by atoms with Crippen molar-refractivity contribution >= 4 is 60.9 Å². The van der Waals surface area contributed by atoms with E-state index in [-0.39, 0.29) is 60.6 Å². The van der Waals surface area contributed by atoms with Crippen LogP contribution >= 0.6 is 0 Å². The van der Waals surface area contributed by atoms with Crippen molar-refractivity contribution in [2.24, 2.45) is 16.9 Å². The molecule has 152 valence electrons. The number of anilines is 1. The third-order valence-electron chi connectivity index (χ3n) is 4.85. The second-order valence-corrected chi connectivity index (χ2v) is 6.61. The fraction of sp³-hybridized carbons (Fsp3) is 0.286. The number of ether oxygens (including phenoxy) is 1. The van der Waals surface area contributed by atoms with Crippen molar-refractivity contribution in [3.05, 3.63) is 65.3 Å². The number of Topliss-reactive ketones (excluding diaryl/α,β-unsaturated/α-hetero) is 1. The maximum atomic E-state index is 13.1. The maximum Gasteiger partial charge on any atom is 2.00 e. The predicted molar refractivity (Wildman–Crippen MR) is 108 cm³/mol. The minimum absolute atomic E-state index is 0. The van der Waals surface area contributed by atoms with Gasteiger partial charge in [-0.1, -0.05) is 43.4 Å². The van der Waals surface area contributed by atoms with Crippen LogP contribution < -0.4 is 5.43 Å².